The molecule has 1 atom stereocenters. The molecule has 0 radical (unpaired) electrons. The topological polar surface area (TPSA) is 86.8 Å². The third-order valence-corrected chi connectivity index (χ3v) is 10.6. The van der Waals surface area contributed by atoms with E-state index in [1.165, 1.54) is 35.2 Å². The molecule has 1 saturated carbocycles. The number of hydrogen-bond acceptors (Lipinski definition) is 4. The molecule has 0 unspecified atom stereocenters. The van der Waals surface area contributed by atoms with Gasteiger partial charge in [0.05, 0.1) is 21.2 Å². The molecule has 0 aromatic heterocycles. The summed E-state index contributed by atoms with van der Waals surface area (Å²) in [7, 11) is -4.60. The second-order valence-electron chi connectivity index (χ2n) is 11.2. The molecule has 0 spiro atoms. The van der Waals surface area contributed by atoms with Crippen molar-refractivity contribution in [3.8, 4) is 0 Å². The van der Waals surface area contributed by atoms with E-state index in [4.69, 9.17) is 34.8 Å². The van der Waals surface area contributed by atoms with E-state index in [2.05, 4.69) is 5.32 Å². The fourth-order valence-corrected chi connectivity index (χ4v) is 7.47. The quantitative estimate of drug-likeness (QED) is 0.218. The summed E-state index contributed by atoms with van der Waals surface area (Å²) < 4.78 is 70.3. The van der Waals surface area contributed by atoms with Gasteiger partial charge in [-0.3, -0.25) is 13.9 Å². The summed E-state index contributed by atoms with van der Waals surface area (Å²) in [5, 5.41) is 2.92. The number of carbonyl (C=O) groups excluding carboxylic acids is 2. The monoisotopic (exact) mass is 717 g/mol. The molecule has 46 heavy (non-hydrogen) atoms. The Labute approximate surface area is 281 Å². The van der Waals surface area contributed by atoms with Crippen LogP contribution in [0.25, 0.3) is 0 Å². The summed E-state index contributed by atoms with van der Waals surface area (Å²) in [6, 6.07) is 11.8. The van der Waals surface area contributed by atoms with Crippen molar-refractivity contribution in [2.45, 2.75) is 75.7 Å². The molecular weight excluding hydrogens is 686 g/mol. The van der Waals surface area contributed by atoms with Crippen molar-refractivity contribution in [2.24, 2.45) is 0 Å². The van der Waals surface area contributed by atoms with Crippen molar-refractivity contribution in [3.63, 3.8) is 0 Å². The van der Waals surface area contributed by atoms with Gasteiger partial charge in [-0.05, 0) is 74.2 Å². The van der Waals surface area contributed by atoms with Gasteiger partial charge >= 0.3 is 6.18 Å². The lowest BCUT2D eigenvalue weighted by atomic mass is 10.1. The van der Waals surface area contributed by atoms with E-state index in [1.807, 2.05) is 0 Å². The Hall–Kier alpha value is -2.99. The highest BCUT2D eigenvalue weighted by molar-refractivity contribution is 7.92. The summed E-state index contributed by atoms with van der Waals surface area (Å²) >= 11 is 18.3. The van der Waals surface area contributed by atoms with Gasteiger partial charge in [-0.15, -0.1) is 0 Å². The Kier molecular flexibility index (Phi) is 11.6. The third-order valence-electron chi connectivity index (χ3n) is 7.87. The fourth-order valence-electron chi connectivity index (χ4n) is 5.37. The van der Waals surface area contributed by atoms with Gasteiger partial charge in [0.25, 0.3) is 10.0 Å². The van der Waals surface area contributed by atoms with Crippen LogP contribution >= 0.6 is 34.8 Å². The molecule has 4 rings (SSSR count). The largest absolute Gasteiger partial charge is 0.417 e. The first kappa shape index (κ1) is 35.9. The van der Waals surface area contributed by atoms with Crippen molar-refractivity contribution in [1.82, 2.24) is 10.2 Å². The van der Waals surface area contributed by atoms with Crippen molar-refractivity contribution in [3.05, 3.63) is 92.4 Å². The number of rotatable bonds is 11. The molecule has 2 amide bonds. The van der Waals surface area contributed by atoms with Crippen molar-refractivity contribution in [2.75, 3.05) is 10.8 Å². The Morgan fingerprint density at radius 2 is 1.61 bits per heavy atom. The van der Waals surface area contributed by atoms with Crippen LogP contribution in [0.2, 0.25) is 15.1 Å². The van der Waals surface area contributed by atoms with Crippen LogP contribution in [0.3, 0.4) is 0 Å². The Bertz CT molecular complexity index is 1680. The van der Waals surface area contributed by atoms with Crippen LogP contribution in [0, 0.1) is 6.92 Å². The predicted octanol–water partition coefficient (Wildman–Crippen LogP) is 8.04. The number of aryl methyl sites for hydroxylation is 1. The number of halogens is 6. The lowest BCUT2D eigenvalue weighted by molar-refractivity contribution is -0.140. The number of anilines is 1. The van der Waals surface area contributed by atoms with Crippen molar-refractivity contribution in [1.29, 1.82) is 0 Å². The standard InChI is InChI=1S/C32H33Cl3F3N3O4S/c1-3-29(31(43)39-23-6-4-5-7-23)40(18-21-10-11-22(33)16-28(21)35)30(42)19-41(46(44,45)25-13-8-20(2)9-14-25)24-12-15-27(34)26(17-24)32(36,37)38/h8-17,23,29H,3-7,18-19H2,1-2H3,(H,39,43)/t29-/m1/s1. The van der Waals surface area contributed by atoms with E-state index in [0.717, 1.165) is 43.4 Å². The highest BCUT2D eigenvalue weighted by atomic mass is 35.5. The average molecular weight is 719 g/mol. The maximum atomic E-state index is 14.3. The van der Waals surface area contributed by atoms with Gasteiger partial charge in [0.1, 0.15) is 12.6 Å². The Morgan fingerprint density at radius 3 is 2.20 bits per heavy atom. The molecule has 14 heteroatoms. The minimum absolute atomic E-state index is 0.0640. The highest BCUT2D eigenvalue weighted by Gasteiger charge is 2.37. The second-order valence-corrected chi connectivity index (χ2v) is 14.3. The predicted molar refractivity (Wildman–Crippen MR) is 174 cm³/mol. The van der Waals surface area contributed by atoms with Gasteiger partial charge in [-0.2, -0.15) is 13.2 Å². The van der Waals surface area contributed by atoms with Gasteiger partial charge in [0, 0.05) is 22.6 Å². The lowest BCUT2D eigenvalue weighted by Crippen LogP contribution is -2.53. The second kappa shape index (κ2) is 14.8. The number of sulfonamides is 1. The van der Waals surface area contributed by atoms with Crippen LogP contribution in [0.4, 0.5) is 18.9 Å². The molecule has 3 aromatic rings. The molecule has 7 nitrogen and oxygen atoms in total. The van der Waals surface area contributed by atoms with Crippen LogP contribution in [0.1, 0.15) is 55.7 Å². The summed E-state index contributed by atoms with van der Waals surface area (Å²) in [4.78, 5) is 28.8. The van der Waals surface area contributed by atoms with Crippen LogP contribution in [0.15, 0.2) is 65.6 Å². The van der Waals surface area contributed by atoms with Crippen molar-refractivity contribution >= 4 is 62.3 Å². The smallest absolute Gasteiger partial charge is 0.352 e. The summed E-state index contributed by atoms with van der Waals surface area (Å²) in [6.07, 6.45) is -1.24. The summed E-state index contributed by atoms with van der Waals surface area (Å²) in [6.45, 7) is 2.33. The zero-order valence-corrected chi connectivity index (χ0v) is 28.2. The molecule has 1 N–H and O–H groups in total. The van der Waals surface area contributed by atoms with E-state index in [9.17, 15) is 31.2 Å². The molecule has 0 heterocycles. The first-order valence-corrected chi connectivity index (χ1v) is 17.2. The van der Waals surface area contributed by atoms with Crippen LogP contribution in [0.5, 0.6) is 0 Å². The number of amides is 2. The maximum absolute atomic E-state index is 14.3. The number of alkyl halides is 3. The zero-order chi connectivity index (χ0) is 33.8. The molecule has 1 aliphatic carbocycles. The third kappa shape index (κ3) is 8.48. The van der Waals surface area contributed by atoms with Crippen molar-refractivity contribution < 1.29 is 31.2 Å². The van der Waals surface area contributed by atoms with E-state index < -0.39 is 56.9 Å². The molecule has 0 bridgehead atoms. The molecule has 1 fully saturated rings. The maximum Gasteiger partial charge on any atom is 0.417 e. The van der Waals surface area contributed by atoms with Gasteiger partial charge in [-0.1, -0.05) is 78.3 Å². The number of nitrogens with zero attached hydrogens (tertiary/aromatic N) is 2. The van der Waals surface area contributed by atoms with Crippen LogP contribution in [-0.2, 0) is 32.3 Å². The van der Waals surface area contributed by atoms with Gasteiger partial charge < -0.3 is 10.2 Å². The zero-order valence-electron chi connectivity index (χ0n) is 25.1. The first-order valence-electron chi connectivity index (χ1n) is 14.6. The molecule has 0 saturated heterocycles. The molecule has 248 valence electrons. The van der Waals surface area contributed by atoms with E-state index >= 15 is 0 Å². The number of benzene rings is 3. The Morgan fingerprint density at radius 1 is 0.957 bits per heavy atom. The average Bonchev–Trinajstić information content (AvgIpc) is 3.49. The summed E-state index contributed by atoms with van der Waals surface area (Å²) in [5.74, 6) is -1.26. The normalized spacial score (nSPS) is 14.6. The number of nitrogens with one attached hydrogen (secondary N) is 1. The first-order chi connectivity index (χ1) is 21.6. The SMILES string of the molecule is CC[C@H](C(=O)NC1CCCC1)N(Cc1ccc(Cl)cc1Cl)C(=O)CN(c1ccc(Cl)c(C(F)(F)F)c1)S(=O)(=O)c1ccc(C)cc1. The van der Waals surface area contributed by atoms with E-state index in [-0.39, 0.29) is 28.9 Å². The van der Waals surface area contributed by atoms with Gasteiger partial charge in [0.15, 0.2) is 0 Å². The summed E-state index contributed by atoms with van der Waals surface area (Å²) in [5.41, 5.74) is -0.517. The molecular formula is C32H33Cl3F3N3O4S. The molecule has 1 aliphatic rings. The lowest BCUT2D eigenvalue weighted by Gasteiger charge is -2.34. The van der Waals surface area contributed by atoms with Gasteiger partial charge in [0.2, 0.25) is 11.8 Å². The number of hydrogen-bond donors (Lipinski definition) is 1. The molecule has 3 aromatic carbocycles. The van der Waals surface area contributed by atoms with E-state index in [0.29, 0.717) is 21.0 Å². The minimum atomic E-state index is -4.90. The molecule has 0 aliphatic heterocycles. The number of carbonyl (C=O) groups is 2. The van der Waals surface area contributed by atoms with Gasteiger partial charge in [-0.25, -0.2) is 8.42 Å². The Balaban J connectivity index is 1.80. The fraction of sp³-hybridized carbons (Fsp3) is 0.375. The minimum Gasteiger partial charge on any atom is -0.352 e. The van der Waals surface area contributed by atoms with Crippen LogP contribution in [-0.4, -0.2) is 43.8 Å². The van der Waals surface area contributed by atoms with E-state index in [1.54, 1.807) is 26.0 Å². The van der Waals surface area contributed by atoms with Crippen LogP contribution < -0.4 is 9.62 Å². The highest BCUT2D eigenvalue weighted by Crippen LogP contribution is 2.38.